The van der Waals surface area contributed by atoms with Gasteiger partial charge in [-0.15, -0.1) is 0 Å². The van der Waals surface area contributed by atoms with Crippen molar-refractivity contribution in [1.82, 2.24) is 14.7 Å². The van der Waals surface area contributed by atoms with Crippen LogP contribution < -0.4 is 10.1 Å². The van der Waals surface area contributed by atoms with Crippen LogP contribution in [0.2, 0.25) is 0 Å². The van der Waals surface area contributed by atoms with Crippen molar-refractivity contribution < 1.29 is 9.53 Å². The summed E-state index contributed by atoms with van der Waals surface area (Å²) in [4.78, 5) is 17.1. The summed E-state index contributed by atoms with van der Waals surface area (Å²) < 4.78 is 7.40. The van der Waals surface area contributed by atoms with Gasteiger partial charge in [-0.2, -0.15) is 0 Å². The van der Waals surface area contributed by atoms with E-state index in [1.165, 1.54) is 32.1 Å². The number of nitrogens with zero attached hydrogens (tertiary/aromatic N) is 2. The second-order valence-corrected chi connectivity index (χ2v) is 8.17. The van der Waals surface area contributed by atoms with E-state index in [2.05, 4.69) is 36.3 Å². The van der Waals surface area contributed by atoms with Crippen molar-refractivity contribution in [2.75, 3.05) is 13.7 Å². The number of amides is 1. The Morgan fingerprint density at radius 1 is 1.10 bits per heavy atom. The molecule has 0 unspecified atom stereocenters. The van der Waals surface area contributed by atoms with Crippen molar-refractivity contribution >= 4 is 11.6 Å². The molecule has 152 valence electrons. The number of aromatic nitrogens is 2. The van der Waals surface area contributed by atoms with Crippen molar-refractivity contribution in [2.45, 2.75) is 46.0 Å². The lowest BCUT2D eigenvalue weighted by Crippen LogP contribution is -2.30. The number of benzene rings is 1. The third kappa shape index (κ3) is 4.14. The third-order valence-corrected chi connectivity index (χ3v) is 5.96. The van der Waals surface area contributed by atoms with E-state index in [4.69, 9.17) is 4.74 Å². The summed E-state index contributed by atoms with van der Waals surface area (Å²) in [5, 5.41) is 3.07. The summed E-state index contributed by atoms with van der Waals surface area (Å²) in [6.07, 6.45) is 10.2. The van der Waals surface area contributed by atoms with Gasteiger partial charge in [-0.1, -0.05) is 19.3 Å². The van der Waals surface area contributed by atoms with Gasteiger partial charge in [0.2, 0.25) is 0 Å². The fourth-order valence-electron chi connectivity index (χ4n) is 4.43. The fourth-order valence-corrected chi connectivity index (χ4v) is 4.43. The number of carbonyl (C=O) groups excluding carboxylic acids is 1. The zero-order valence-electron chi connectivity index (χ0n) is 17.5. The molecule has 0 bridgehead atoms. The van der Waals surface area contributed by atoms with Gasteiger partial charge in [0.1, 0.15) is 17.1 Å². The molecule has 5 heteroatoms. The van der Waals surface area contributed by atoms with Crippen LogP contribution in [-0.4, -0.2) is 28.9 Å². The Kier molecular flexibility index (Phi) is 5.56. The fraction of sp³-hybridized carbons (Fsp3) is 0.417. The summed E-state index contributed by atoms with van der Waals surface area (Å²) in [7, 11) is 1.70. The smallest absolute Gasteiger partial charge is 0.271 e. The molecular formula is C24H29N3O2. The van der Waals surface area contributed by atoms with Crippen LogP contribution in [0.15, 0.2) is 36.7 Å². The number of rotatable bonds is 5. The van der Waals surface area contributed by atoms with Gasteiger partial charge in [-0.05, 0) is 79.1 Å². The molecule has 1 aliphatic rings. The Balaban J connectivity index is 1.54. The SMILES string of the molecule is COc1c(C)cc(-c2ccc3nc(C(=O)NCC4CCCCC4)cn3c2)cc1C. The van der Waals surface area contributed by atoms with E-state index in [0.717, 1.165) is 40.2 Å². The van der Waals surface area contributed by atoms with Gasteiger partial charge in [0.15, 0.2) is 0 Å². The molecule has 1 saturated carbocycles. The molecule has 1 amide bonds. The first-order valence-electron chi connectivity index (χ1n) is 10.5. The van der Waals surface area contributed by atoms with E-state index in [9.17, 15) is 4.79 Å². The predicted octanol–water partition coefficient (Wildman–Crippen LogP) is 4.94. The van der Waals surface area contributed by atoms with Gasteiger partial charge in [0, 0.05) is 18.9 Å². The molecule has 1 aliphatic carbocycles. The second-order valence-electron chi connectivity index (χ2n) is 8.17. The molecule has 1 aromatic carbocycles. The lowest BCUT2D eigenvalue weighted by atomic mass is 9.89. The summed E-state index contributed by atoms with van der Waals surface area (Å²) in [5.41, 5.74) is 5.67. The molecule has 0 aliphatic heterocycles. The summed E-state index contributed by atoms with van der Waals surface area (Å²) in [6, 6.07) is 8.26. The Hall–Kier alpha value is -2.82. The van der Waals surface area contributed by atoms with Crippen molar-refractivity contribution in [3.05, 3.63) is 53.5 Å². The molecular weight excluding hydrogens is 362 g/mol. The Morgan fingerprint density at radius 3 is 2.52 bits per heavy atom. The number of aryl methyl sites for hydroxylation is 2. The van der Waals surface area contributed by atoms with Crippen LogP contribution in [0.3, 0.4) is 0 Å². The summed E-state index contributed by atoms with van der Waals surface area (Å²) in [5.74, 6) is 1.45. The lowest BCUT2D eigenvalue weighted by Gasteiger charge is -2.21. The zero-order valence-corrected chi connectivity index (χ0v) is 17.5. The van der Waals surface area contributed by atoms with Crippen LogP contribution in [-0.2, 0) is 0 Å². The molecule has 4 rings (SSSR count). The van der Waals surface area contributed by atoms with Gasteiger partial charge < -0.3 is 14.5 Å². The highest BCUT2D eigenvalue weighted by Gasteiger charge is 2.16. The van der Waals surface area contributed by atoms with Crippen LogP contribution in [0.1, 0.15) is 53.7 Å². The molecule has 0 radical (unpaired) electrons. The maximum Gasteiger partial charge on any atom is 0.271 e. The van der Waals surface area contributed by atoms with Gasteiger partial charge in [-0.3, -0.25) is 4.79 Å². The van der Waals surface area contributed by atoms with E-state index in [1.54, 1.807) is 7.11 Å². The van der Waals surface area contributed by atoms with E-state index in [0.29, 0.717) is 11.6 Å². The van der Waals surface area contributed by atoms with Crippen LogP contribution in [0, 0.1) is 19.8 Å². The third-order valence-electron chi connectivity index (χ3n) is 5.96. The number of carbonyl (C=O) groups is 1. The van der Waals surface area contributed by atoms with Crippen molar-refractivity contribution in [2.24, 2.45) is 5.92 Å². The van der Waals surface area contributed by atoms with E-state index in [-0.39, 0.29) is 5.91 Å². The van der Waals surface area contributed by atoms with E-state index in [1.807, 2.05) is 28.9 Å². The number of nitrogens with one attached hydrogen (secondary N) is 1. The van der Waals surface area contributed by atoms with Crippen molar-refractivity contribution in [3.8, 4) is 16.9 Å². The highest BCUT2D eigenvalue weighted by Crippen LogP contribution is 2.30. The molecule has 2 heterocycles. The van der Waals surface area contributed by atoms with Gasteiger partial charge >= 0.3 is 0 Å². The average Bonchev–Trinajstić information content (AvgIpc) is 3.16. The minimum Gasteiger partial charge on any atom is -0.496 e. The number of hydrogen-bond acceptors (Lipinski definition) is 3. The Bertz CT molecular complexity index is 1010. The van der Waals surface area contributed by atoms with E-state index < -0.39 is 0 Å². The van der Waals surface area contributed by atoms with E-state index >= 15 is 0 Å². The molecule has 3 aromatic rings. The number of ether oxygens (including phenoxy) is 1. The topological polar surface area (TPSA) is 55.6 Å². The number of imidazole rings is 1. The first-order valence-corrected chi connectivity index (χ1v) is 10.5. The molecule has 0 saturated heterocycles. The number of pyridine rings is 1. The molecule has 2 aromatic heterocycles. The Morgan fingerprint density at radius 2 is 1.83 bits per heavy atom. The van der Waals surface area contributed by atoms with Gasteiger partial charge in [0.25, 0.3) is 5.91 Å². The van der Waals surface area contributed by atoms with Crippen LogP contribution >= 0.6 is 0 Å². The minimum absolute atomic E-state index is 0.0861. The van der Waals surface area contributed by atoms with Crippen LogP contribution in [0.25, 0.3) is 16.8 Å². The lowest BCUT2D eigenvalue weighted by molar-refractivity contribution is 0.0939. The van der Waals surface area contributed by atoms with Crippen molar-refractivity contribution in [3.63, 3.8) is 0 Å². The normalized spacial score (nSPS) is 14.9. The number of methoxy groups -OCH3 is 1. The maximum absolute atomic E-state index is 12.6. The summed E-state index contributed by atoms with van der Waals surface area (Å²) in [6.45, 7) is 4.86. The zero-order chi connectivity index (χ0) is 20.4. The second kappa shape index (κ2) is 8.27. The predicted molar refractivity (Wildman–Crippen MR) is 116 cm³/mol. The number of hydrogen-bond donors (Lipinski definition) is 1. The molecule has 0 atom stereocenters. The highest BCUT2D eigenvalue weighted by atomic mass is 16.5. The highest BCUT2D eigenvalue weighted by molar-refractivity contribution is 5.92. The molecule has 1 N–H and O–H groups in total. The van der Waals surface area contributed by atoms with Crippen LogP contribution in [0.5, 0.6) is 5.75 Å². The first kappa shape index (κ1) is 19.5. The molecule has 5 nitrogen and oxygen atoms in total. The van der Waals surface area contributed by atoms with Gasteiger partial charge in [-0.25, -0.2) is 4.98 Å². The Labute approximate surface area is 172 Å². The quantitative estimate of drug-likeness (QED) is 0.670. The van der Waals surface area contributed by atoms with Crippen molar-refractivity contribution in [1.29, 1.82) is 0 Å². The largest absolute Gasteiger partial charge is 0.496 e. The molecule has 0 spiro atoms. The van der Waals surface area contributed by atoms with Gasteiger partial charge in [0.05, 0.1) is 7.11 Å². The molecule has 29 heavy (non-hydrogen) atoms. The monoisotopic (exact) mass is 391 g/mol. The average molecular weight is 392 g/mol. The molecule has 1 fully saturated rings. The van der Waals surface area contributed by atoms with Crippen LogP contribution in [0.4, 0.5) is 0 Å². The standard InChI is InChI=1S/C24H29N3O2/c1-16-11-20(12-17(2)23(16)29-3)19-9-10-22-26-21(15-27(22)14-19)24(28)25-13-18-7-5-4-6-8-18/h9-12,14-15,18H,4-8,13H2,1-3H3,(H,25,28). The number of fused-ring (bicyclic) bond motifs is 1. The summed E-state index contributed by atoms with van der Waals surface area (Å²) >= 11 is 0. The first-order chi connectivity index (χ1) is 14.0. The minimum atomic E-state index is -0.0861. The maximum atomic E-state index is 12.6.